The number of piperidine rings is 2. The Balaban J connectivity index is 1.27. The number of imidazole rings is 1. The molecule has 196 valence electrons. The van der Waals surface area contributed by atoms with Crippen LogP contribution in [0.1, 0.15) is 54.4 Å². The fraction of sp³-hybridized carbons (Fsp3) is 0.379. The summed E-state index contributed by atoms with van der Waals surface area (Å²) in [4.78, 5) is 31.0. The molecule has 7 rings (SSSR count). The van der Waals surface area contributed by atoms with E-state index in [0.717, 1.165) is 29.8 Å². The molecule has 0 aliphatic carbocycles. The first kappa shape index (κ1) is 24.5. The van der Waals surface area contributed by atoms with Crippen molar-refractivity contribution in [2.45, 2.75) is 51.2 Å². The van der Waals surface area contributed by atoms with Gasteiger partial charge in [-0.2, -0.15) is 0 Å². The molecule has 4 aromatic rings. The zero-order chi connectivity index (χ0) is 26.4. The van der Waals surface area contributed by atoms with Gasteiger partial charge in [0, 0.05) is 55.7 Å². The molecular formula is C29H31FN6O2. The van der Waals surface area contributed by atoms with E-state index in [1.165, 1.54) is 24.8 Å². The molecule has 2 unspecified atom stereocenters. The highest BCUT2D eigenvalue weighted by atomic mass is 19.1. The lowest BCUT2D eigenvalue weighted by molar-refractivity contribution is -0.0165. The fourth-order valence-corrected chi connectivity index (χ4v) is 5.72. The number of hydrogen-bond donors (Lipinski definition) is 0. The number of ether oxygens (including phenoxy) is 1. The standard InChI is InChI=1S/C29H31FN6O2/c1-18(2)19-5-7-20(8-6-19)26-24(35-14-4-13-31-29(35)33-26)17-34-15-22-10-9-21(34)16-36(22)28(37)27-23(30)11-12-25(32-27)38-3/h4-8,11-14,18,21-22H,9-10,15-17H2,1-3H3. The maximum Gasteiger partial charge on any atom is 0.276 e. The van der Waals surface area contributed by atoms with E-state index in [0.29, 0.717) is 31.3 Å². The SMILES string of the molecule is COc1ccc(F)c(C(=O)N2CC3CCC2CN3Cc2c(-c3ccc(C(C)C)cc3)nc3ncccn23)n1. The summed E-state index contributed by atoms with van der Waals surface area (Å²) in [5, 5.41) is 0. The van der Waals surface area contributed by atoms with Crippen molar-refractivity contribution < 1.29 is 13.9 Å². The highest BCUT2D eigenvalue weighted by Crippen LogP contribution is 2.34. The van der Waals surface area contributed by atoms with Gasteiger partial charge in [0.2, 0.25) is 11.7 Å². The van der Waals surface area contributed by atoms with Gasteiger partial charge in [-0.15, -0.1) is 0 Å². The summed E-state index contributed by atoms with van der Waals surface area (Å²) >= 11 is 0. The lowest BCUT2D eigenvalue weighted by Gasteiger charge is -2.51. The Morgan fingerprint density at radius 1 is 1.08 bits per heavy atom. The van der Waals surface area contributed by atoms with Crippen molar-refractivity contribution in [3.8, 4) is 17.1 Å². The highest BCUT2D eigenvalue weighted by molar-refractivity contribution is 5.93. The quantitative estimate of drug-likeness (QED) is 0.376. The van der Waals surface area contributed by atoms with Crippen molar-refractivity contribution in [2.24, 2.45) is 0 Å². The second-order valence-electron chi connectivity index (χ2n) is 10.4. The number of rotatable bonds is 6. The van der Waals surface area contributed by atoms with Gasteiger partial charge in [0.15, 0.2) is 11.5 Å². The molecule has 2 bridgehead atoms. The third-order valence-corrected chi connectivity index (χ3v) is 7.84. The third-order valence-electron chi connectivity index (χ3n) is 7.84. The number of methoxy groups -OCH3 is 1. The lowest BCUT2D eigenvalue weighted by atomic mass is 9.90. The van der Waals surface area contributed by atoms with Crippen LogP contribution in [0.25, 0.3) is 17.0 Å². The molecule has 8 nitrogen and oxygen atoms in total. The Morgan fingerprint density at radius 3 is 2.58 bits per heavy atom. The van der Waals surface area contributed by atoms with Gasteiger partial charge in [0.05, 0.1) is 18.5 Å². The molecule has 1 amide bonds. The molecular weight excluding hydrogens is 483 g/mol. The molecule has 3 aliphatic rings. The summed E-state index contributed by atoms with van der Waals surface area (Å²) in [6.45, 7) is 6.31. The molecule has 3 fully saturated rings. The second-order valence-corrected chi connectivity index (χ2v) is 10.4. The summed E-state index contributed by atoms with van der Waals surface area (Å²) in [5.74, 6) is 0.361. The van der Waals surface area contributed by atoms with Crippen LogP contribution in [0, 0.1) is 5.82 Å². The molecule has 38 heavy (non-hydrogen) atoms. The summed E-state index contributed by atoms with van der Waals surface area (Å²) in [5.41, 5.74) is 4.18. The first-order chi connectivity index (χ1) is 18.4. The predicted octanol–water partition coefficient (Wildman–Crippen LogP) is 4.55. The van der Waals surface area contributed by atoms with E-state index in [9.17, 15) is 9.18 Å². The summed E-state index contributed by atoms with van der Waals surface area (Å²) < 4.78 is 21.7. The minimum Gasteiger partial charge on any atom is -0.481 e. The van der Waals surface area contributed by atoms with Gasteiger partial charge >= 0.3 is 0 Å². The van der Waals surface area contributed by atoms with Gasteiger partial charge in [-0.3, -0.25) is 14.1 Å². The van der Waals surface area contributed by atoms with Crippen molar-refractivity contribution in [2.75, 3.05) is 20.2 Å². The maximum absolute atomic E-state index is 14.5. The van der Waals surface area contributed by atoms with E-state index in [4.69, 9.17) is 9.72 Å². The summed E-state index contributed by atoms with van der Waals surface area (Å²) in [6.07, 6.45) is 5.63. The minimum absolute atomic E-state index is 0.00835. The molecule has 1 aromatic carbocycles. The van der Waals surface area contributed by atoms with Crippen LogP contribution < -0.4 is 4.74 Å². The zero-order valence-corrected chi connectivity index (χ0v) is 21.8. The number of amides is 1. The number of carbonyl (C=O) groups is 1. The van der Waals surface area contributed by atoms with Crippen LogP contribution in [0.4, 0.5) is 4.39 Å². The smallest absolute Gasteiger partial charge is 0.276 e. The van der Waals surface area contributed by atoms with E-state index < -0.39 is 5.82 Å². The summed E-state index contributed by atoms with van der Waals surface area (Å²) in [7, 11) is 1.46. The second kappa shape index (κ2) is 9.79. The molecule has 2 atom stereocenters. The lowest BCUT2D eigenvalue weighted by Crippen LogP contribution is -2.63. The van der Waals surface area contributed by atoms with Crippen LogP contribution in [-0.4, -0.2) is 67.3 Å². The van der Waals surface area contributed by atoms with Crippen molar-refractivity contribution in [3.05, 3.63) is 77.6 Å². The van der Waals surface area contributed by atoms with Crippen LogP contribution in [-0.2, 0) is 6.54 Å². The normalized spacial score (nSPS) is 19.4. The number of halogens is 1. The molecule has 0 spiro atoms. The number of benzene rings is 1. The number of piperazine rings is 1. The Morgan fingerprint density at radius 2 is 1.87 bits per heavy atom. The van der Waals surface area contributed by atoms with E-state index in [2.05, 4.69) is 57.4 Å². The van der Waals surface area contributed by atoms with E-state index in [-0.39, 0.29) is 29.6 Å². The average molecular weight is 515 g/mol. The number of carbonyl (C=O) groups excluding carboxylic acids is 1. The van der Waals surface area contributed by atoms with Gasteiger partial charge < -0.3 is 9.64 Å². The van der Waals surface area contributed by atoms with Crippen LogP contribution >= 0.6 is 0 Å². The molecule has 0 N–H and O–H groups in total. The molecule has 3 aromatic heterocycles. The third kappa shape index (κ3) is 4.30. The van der Waals surface area contributed by atoms with Crippen LogP contribution in [0.15, 0.2) is 54.9 Å². The van der Waals surface area contributed by atoms with Crippen molar-refractivity contribution >= 4 is 11.7 Å². The predicted molar refractivity (Wildman–Crippen MR) is 142 cm³/mol. The maximum atomic E-state index is 14.5. The molecule has 9 heteroatoms. The largest absolute Gasteiger partial charge is 0.481 e. The fourth-order valence-electron chi connectivity index (χ4n) is 5.72. The highest BCUT2D eigenvalue weighted by Gasteiger charge is 2.42. The first-order valence-corrected chi connectivity index (χ1v) is 13.1. The number of pyridine rings is 1. The molecule has 6 heterocycles. The molecule has 3 aliphatic heterocycles. The number of nitrogens with zero attached hydrogens (tertiary/aromatic N) is 6. The Hall–Kier alpha value is -3.85. The van der Waals surface area contributed by atoms with Crippen molar-refractivity contribution in [3.63, 3.8) is 0 Å². The van der Waals surface area contributed by atoms with Crippen molar-refractivity contribution in [1.29, 1.82) is 0 Å². The van der Waals surface area contributed by atoms with E-state index >= 15 is 0 Å². The van der Waals surface area contributed by atoms with Gasteiger partial charge in [0.1, 0.15) is 0 Å². The number of hydrogen-bond acceptors (Lipinski definition) is 6. The Bertz CT molecular complexity index is 1480. The first-order valence-electron chi connectivity index (χ1n) is 13.1. The minimum atomic E-state index is -0.625. The van der Waals surface area contributed by atoms with Crippen LogP contribution in [0.5, 0.6) is 5.88 Å². The van der Waals surface area contributed by atoms with Gasteiger partial charge in [-0.25, -0.2) is 19.3 Å². The monoisotopic (exact) mass is 514 g/mol. The van der Waals surface area contributed by atoms with Gasteiger partial charge in [0.25, 0.3) is 5.91 Å². The topological polar surface area (TPSA) is 75.9 Å². The van der Waals surface area contributed by atoms with Crippen LogP contribution in [0.3, 0.4) is 0 Å². The zero-order valence-electron chi connectivity index (χ0n) is 21.8. The molecule has 0 saturated carbocycles. The number of fused-ring (bicyclic) bond motifs is 4. The van der Waals surface area contributed by atoms with E-state index in [1.807, 2.05) is 12.3 Å². The Kier molecular flexibility index (Phi) is 6.31. The van der Waals surface area contributed by atoms with Crippen molar-refractivity contribution in [1.82, 2.24) is 29.2 Å². The molecule has 0 radical (unpaired) electrons. The van der Waals surface area contributed by atoms with Gasteiger partial charge in [-0.05, 0) is 36.5 Å². The Labute approximate surface area is 221 Å². The number of aromatic nitrogens is 4. The van der Waals surface area contributed by atoms with E-state index in [1.54, 1.807) is 11.1 Å². The van der Waals surface area contributed by atoms with Crippen LogP contribution in [0.2, 0.25) is 0 Å². The average Bonchev–Trinajstić information content (AvgIpc) is 3.31. The van der Waals surface area contributed by atoms with Gasteiger partial charge in [-0.1, -0.05) is 38.1 Å². The molecule has 3 saturated heterocycles. The summed E-state index contributed by atoms with van der Waals surface area (Å²) in [6, 6.07) is 13.3.